The zero-order valence-corrected chi connectivity index (χ0v) is 15.0. The molecule has 26 heavy (non-hydrogen) atoms. The lowest BCUT2D eigenvalue weighted by molar-refractivity contribution is -0.147. The van der Waals surface area contributed by atoms with Gasteiger partial charge in [0.1, 0.15) is 11.3 Å². The van der Waals surface area contributed by atoms with Gasteiger partial charge in [-0.25, -0.2) is 4.79 Å². The van der Waals surface area contributed by atoms with E-state index in [1.807, 2.05) is 13.8 Å². The molecule has 8 nitrogen and oxygen atoms in total. The van der Waals surface area contributed by atoms with E-state index >= 15 is 0 Å². The molecule has 0 aliphatic rings. The maximum Gasteiger partial charge on any atom is 0.321 e. The van der Waals surface area contributed by atoms with Crippen LogP contribution in [0.25, 0.3) is 11.0 Å². The Kier molecular flexibility index (Phi) is 6.60. The first kappa shape index (κ1) is 19.3. The van der Waals surface area contributed by atoms with Crippen LogP contribution in [-0.2, 0) is 20.7 Å². The van der Waals surface area contributed by atoms with Gasteiger partial charge in [-0.1, -0.05) is 13.8 Å². The Morgan fingerprint density at radius 1 is 1.23 bits per heavy atom. The highest BCUT2D eigenvalue weighted by atomic mass is 16.5. The Labute approximate surface area is 150 Å². The number of hydrogen-bond acceptors (Lipinski definition) is 6. The third-order valence-electron chi connectivity index (χ3n) is 3.49. The highest BCUT2D eigenvalue weighted by Gasteiger charge is 2.14. The molecule has 0 saturated heterocycles. The molecule has 2 rings (SSSR count). The van der Waals surface area contributed by atoms with Crippen molar-refractivity contribution in [3.05, 3.63) is 30.0 Å². The number of nitrogens with one attached hydrogen (secondary N) is 2. The van der Waals surface area contributed by atoms with Crippen LogP contribution in [0.5, 0.6) is 5.75 Å². The van der Waals surface area contributed by atoms with Crippen molar-refractivity contribution in [1.82, 2.24) is 10.6 Å². The van der Waals surface area contributed by atoms with Crippen LogP contribution in [0.15, 0.2) is 28.9 Å². The molecular formula is C18H22N2O6. The van der Waals surface area contributed by atoms with Crippen molar-refractivity contribution in [2.75, 3.05) is 20.3 Å². The van der Waals surface area contributed by atoms with Crippen molar-refractivity contribution in [3.8, 4) is 5.75 Å². The lowest BCUT2D eigenvalue weighted by atomic mass is 10.1. The summed E-state index contributed by atoms with van der Waals surface area (Å²) >= 11 is 0. The summed E-state index contributed by atoms with van der Waals surface area (Å²) in [7, 11) is 1.55. The number of esters is 1. The van der Waals surface area contributed by atoms with Crippen LogP contribution in [0.1, 0.15) is 19.4 Å². The van der Waals surface area contributed by atoms with E-state index < -0.39 is 24.5 Å². The maximum absolute atomic E-state index is 11.9. The first-order valence-electron chi connectivity index (χ1n) is 8.16. The van der Waals surface area contributed by atoms with Gasteiger partial charge in [-0.05, 0) is 18.1 Å². The largest absolute Gasteiger partial charge is 0.497 e. The van der Waals surface area contributed by atoms with Gasteiger partial charge in [0.25, 0.3) is 5.91 Å². The Balaban J connectivity index is 1.82. The van der Waals surface area contributed by atoms with Gasteiger partial charge in [0.05, 0.1) is 19.8 Å². The number of benzene rings is 1. The number of imide groups is 1. The molecule has 2 N–H and O–H groups in total. The van der Waals surface area contributed by atoms with E-state index in [2.05, 4.69) is 10.6 Å². The Bertz CT molecular complexity index is 796. The van der Waals surface area contributed by atoms with E-state index in [4.69, 9.17) is 13.9 Å². The van der Waals surface area contributed by atoms with Gasteiger partial charge in [-0.3, -0.25) is 14.9 Å². The monoisotopic (exact) mass is 362 g/mol. The van der Waals surface area contributed by atoms with Gasteiger partial charge >= 0.3 is 12.0 Å². The summed E-state index contributed by atoms with van der Waals surface area (Å²) in [6.07, 6.45) is 1.41. The normalized spacial score (nSPS) is 10.6. The predicted molar refractivity (Wildman–Crippen MR) is 93.8 cm³/mol. The van der Waals surface area contributed by atoms with E-state index in [1.165, 1.54) is 6.26 Å². The second kappa shape index (κ2) is 8.89. The van der Waals surface area contributed by atoms with Crippen LogP contribution >= 0.6 is 0 Å². The fourth-order valence-corrected chi connectivity index (χ4v) is 2.18. The highest BCUT2D eigenvalue weighted by molar-refractivity contribution is 5.95. The number of ether oxygens (including phenoxy) is 2. The van der Waals surface area contributed by atoms with E-state index in [0.29, 0.717) is 23.4 Å². The van der Waals surface area contributed by atoms with E-state index in [9.17, 15) is 14.4 Å². The number of carbonyl (C=O) groups is 3. The number of hydrogen-bond donors (Lipinski definition) is 2. The molecule has 140 valence electrons. The zero-order valence-electron chi connectivity index (χ0n) is 15.0. The average Bonchev–Trinajstić information content (AvgIpc) is 3.00. The first-order valence-corrected chi connectivity index (χ1v) is 8.16. The second-order valence-electron chi connectivity index (χ2n) is 6.11. The maximum atomic E-state index is 11.9. The summed E-state index contributed by atoms with van der Waals surface area (Å²) < 4.78 is 15.4. The highest BCUT2D eigenvalue weighted by Crippen LogP contribution is 2.25. The first-order chi connectivity index (χ1) is 12.4. The molecule has 1 aromatic carbocycles. The van der Waals surface area contributed by atoms with Crippen LogP contribution in [0.4, 0.5) is 4.79 Å². The third kappa shape index (κ3) is 5.51. The molecule has 0 fully saturated rings. The SMILES string of the molecule is COc1ccc2c(CC(=O)OCC(=O)NC(=O)NCC(C)C)coc2c1. The Morgan fingerprint density at radius 2 is 2.00 bits per heavy atom. The summed E-state index contributed by atoms with van der Waals surface area (Å²) in [5, 5.41) is 5.39. The van der Waals surface area contributed by atoms with E-state index in [0.717, 1.165) is 5.39 Å². The molecule has 0 radical (unpaired) electrons. The molecule has 0 atom stereocenters. The average molecular weight is 362 g/mol. The minimum Gasteiger partial charge on any atom is -0.497 e. The van der Waals surface area contributed by atoms with Gasteiger partial charge in [0.2, 0.25) is 0 Å². The lowest BCUT2D eigenvalue weighted by Crippen LogP contribution is -2.42. The quantitative estimate of drug-likeness (QED) is 0.730. The van der Waals surface area contributed by atoms with Crippen molar-refractivity contribution in [3.63, 3.8) is 0 Å². The summed E-state index contributed by atoms with van der Waals surface area (Å²) in [6.45, 7) is 3.77. The lowest BCUT2D eigenvalue weighted by Gasteiger charge is -2.08. The minimum atomic E-state index is -0.693. The summed E-state index contributed by atoms with van der Waals surface area (Å²) in [5.41, 5.74) is 1.23. The molecule has 0 aliphatic heterocycles. The molecule has 1 aromatic heterocycles. The predicted octanol–water partition coefficient (Wildman–Crippen LogP) is 2.01. The molecule has 0 aliphatic carbocycles. The minimum absolute atomic E-state index is 0.0494. The molecule has 3 amide bonds. The van der Waals surface area contributed by atoms with Gasteiger partial charge in [0, 0.05) is 23.6 Å². The van der Waals surface area contributed by atoms with Gasteiger partial charge < -0.3 is 19.2 Å². The molecular weight excluding hydrogens is 340 g/mol. The van der Waals surface area contributed by atoms with Gasteiger partial charge in [-0.15, -0.1) is 0 Å². The number of amides is 3. The smallest absolute Gasteiger partial charge is 0.321 e. The van der Waals surface area contributed by atoms with Gasteiger partial charge in [-0.2, -0.15) is 0 Å². The fraction of sp³-hybridized carbons (Fsp3) is 0.389. The molecule has 1 heterocycles. The van der Waals surface area contributed by atoms with Crippen LogP contribution in [0, 0.1) is 5.92 Å². The van der Waals surface area contributed by atoms with Crippen molar-refractivity contribution < 1.29 is 28.3 Å². The van der Waals surface area contributed by atoms with E-state index in [1.54, 1.807) is 25.3 Å². The number of carbonyl (C=O) groups excluding carboxylic acids is 3. The van der Waals surface area contributed by atoms with Crippen molar-refractivity contribution in [2.24, 2.45) is 5.92 Å². The summed E-state index contributed by atoms with van der Waals surface area (Å²) in [4.78, 5) is 35.0. The van der Waals surface area contributed by atoms with Crippen molar-refractivity contribution >= 4 is 28.9 Å². The summed E-state index contributed by atoms with van der Waals surface area (Å²) in [5.74, 6) is -0.380. The third-order valence-corrected chi connectivity index (χ3v) is 3.49. The van der Waals surface area contributed by atoms with Crippen LogP contribution in [0.3, 0.4) is 0 Å². The number of fused-ring (bicyclic) bond motifs is 1. The number of urea groups is 1. The molecule has 0 bridgehead atoms. The fourth-order valence-electron chi connectivity index (χ4n) is 2.18. The van der Waals surface area contributed by atoms with Crippen LogP contribution in [-0.4, -0.2) is 38.2 Å². The summed E-state index contributed by atoms with van der Waals surface area (Å²) in [6, 6.07) is 4.64. The molecule has 0 spiro atoms. The number of furan rings is 1. The zero-order chi connectivity index (χ0) is 19.1. The van der Waals surface area contributed by atoms with Gasteiger partial charge in [0.15, 0.2) is 6.61 Å². The number of rotatable bonds is 7. The molecule has 0 unspecified atom stereocenters. The molecule has 8 heteroatoms. The van der Waals surface area contributed by atoms with Crippen molar-refractivity contribution in [2.45, 2.75) is 20.3 Å². The van der Waals surface area contributed by atoms with Crippen LogP contribution < -0.4 is 15.4 Å². The molecule has 2 aromatic rings. The second-order valence-corrected chi connectivity index (χ2v) is 6.11. The van der Waals surface area contributed by atoms with Crippen molar-refractivity contribution in [1.29, 1.82) is 0 Å². The number of methoxy groups -OCH3 is 1. The standard InChI is InChI=1S/C18H22N2O6/c1-11(2)8-19-18(23)20-16(21)10-26-17(22)6-12-9-25-15-7-13(24-3)4-5-14(12)15/h4-5,7,9,11H,6,8,10H2,1-3H3,(H2,19,20,21,23). The van der Waals surface area contributed by atoms with E-state index in [-0.39, 0.29) is 12.3 Å². The molecule has 0 saturated carbocycles. The Hall–Kier alpha value is -3.03. The topological polar surface area (TPSA) is 107 Å². The Morgan fingerprint density at radius 3 is 2.69 bits per heavy atom. The van der Waals surface area contributed by atoms with Crippen LogP contribution in [0.2, 0.25) is 0 Å².